The van der Waals surface area contributed by atoms with Gasteiger partial charge in [-0.05, 0) is 55.3 Å². The molecule has 0 radical (unpaired) electrons. The minimum Gasteiger partial charge on any atom is -0.439 e. The molecule has 0 unspecified atom stereocenters. The van der Waals surface area contributed by atoms with Gasteiger partial charge in [0.2, 0.25) is 25.9 Å². The second-order valence-corrected chi connectivity index (χ2v) is 11.1. The molecular formula is C22H22FN3O5S2. The van der Waals surface area contributed by atoms with E-state index in [2.05, 4.69) is 9.71 Å². The van der Waals surface area contributed by atoms with Crippen LogP contribution < -0.4 is 9.46 Å². The summed E-state index contributed by atoms with van der Waals surface area (Å²) in [5.41, 5.74) is 0.443. The summed E-state index contributed by atoms with van der Waals surface area (Å²) >= 11 is 0. The van der Waals surface area contributed by atoms with E-state index < -0.39 is 25.9 Å². The van der Waals surface area contributed by atoms with Gasteiger partial charge in [0, 0.05) is 37.5 Å². The topological polar surface area (TPSA) is 106 Å². The van der Waals surface area contributed by atoms with Crippen molar-refractivity contribution in [2.75, 3.05) is 13.1 Å². The second kappa shape index (κ2) is 9.56. The van der Waals surface area contributed by atoms with Gasteiger partial charge < -0.3 is 4.74 Å². The number of halogens is 1. The lowest BCUT2D eigenvalue weighted by Gasteiger charge is -2.16. The van der Waals surface area contributed by atoms with E-state index in [1.54, 1.807) is 18.2 Å². The molecule has 0 atom stereocenters. The average molecular weight is 492 g/mol. The molecule has 174 valence electrons. The highest BCUT2D eigenvalue weighted by molar-refractivity contribution is 7.89. The molecule has 1 N–H and O–H groups in total. The summed E-state index contributed by atoms with van der Waals surface area (Å²) in [7, 11) is -7.57. The summed E-state index contributed by atoms with van der Waals surface area (Å²) in [6, 6.07) is 13.9. The third-order valence-corrected chi connectivity index (χ3v) is 8.48. The first-order chi connectivity index (χ1) is 15.8. The van der Waals surface area contributed by atoms with Crippen LogP contribution in [-0.2, 0) is 26.6 Å². The number of benzene rings is 2. The zero-order valence-corrected chi connectivity index (χ0v) is 19.1. The summed E-state index contributed by atoms with van der Waals surface area (Å²) in [5, 5.41) is 0. The number of sulfonamides is 2. The van der Waals surface area contributed by atoms with Crippen LogP contribution in [0, 0.1) is 5.82 Å². The van der Waals surface area contributed by atoms with Crippen molar-refractivity contribution in [1.29, 1.82) is 0 Å². The van der Waals surface area contributed by atoms with Crippen molar-refractivity contribution in [1.82, 2.24) is 14.0 Å². The van der Waals surface area contributed by atoms with Gasteiger partial charge in [-0.15, -0.1) is 0 Å². The first kappa shape index (κ1) is 23.3. The Morgan fingerprint density at radius 1 is 0.939 bits per heavy atom. The molecule has 1 aliphatic heterocycles. The molecule has 2 aromatic carbocycles. The minimum absolute atomic E-state index is 0.0568. The molecular weight excluding hydrogens is 469 g/mol. The van der Waals surface area contributed by atoms with Gasteiger partial charge in [-0.25, -0.2) is 30.9 Å². The lowest BCUT2D eigenvalue weighted by atomic mass is 10.3. The normalized spacial score (nSPS) is 14.9. The molecule has 1 aromatic heterocycles. The fourth-order valence-electron chi connectivity index (χ4n) is 3.42. The molecule has 11 heteroatoms. The SMILES string of the molecule is O=S(=O)(NCc1cccnc1Oc1cccc(F)c1)c1ccc(S(=O)(=O)N2CCCC2)cc1. The van der Waals surface area contributed by atoms with Crippen LogP contribution in [0.2, 0.25) is 0 Å². The van der Waals surface area contributed by atoms with Crippen LogP contribution in [0.3, 0.4) is 0 Å². The largest absolute Gasteiger partial charge is 0.439 e. The van der Waals surface area contributed by atoms with Crippen LogP contribution >= 0.6 is 0 Å². The van der Waals surface area contributed by atoms with E-state index >= 15 is 0 Å². The molecule has 0 amide bonds. The third-order valence-electron chi connectivity index (χ3n) is 5.15. The maximum absolute atomic E-state index is 13.4. The quantitative estimate of drug-likeness (QED) is 0.519. The van der Waals surface area contributed by atoms with Crippen molar-refractivity contribution in [2.24, 2.45) is 0 Å². The van der Waals surface area contributed by atoms with E-state index in [9.17, 15) is 21.2 Å². The first-order valence-electron chi connectivity index (χ1n) is 10.2. The monoisotopic (exact) mass is 491 g/mol. The molecule has 8 nitrogen and oxygen atoms in total. The lowest BCUT2D eigenvalue weighted by Crippen LogP contribution is -2.28. The van der Waals surface area contributed by atoms with Crippen LogP contribution in [0.1, 0.15) is 18.4 Å². The van der Waals surface area contributed by atoms with Gasteiger partial charge in [-0.3, -0.25) is 0 Å². The van der Waals surface area contributed by atoms with Crippen molar-refractivity contribution in [3.05, 3.63) is 78.2 Å². The van der Waals surface area contributed by atoms with Crippen LogP contribution in [0.4, 0.5) is 4.39 Å². The Labute approximate surface area is 192 Å². The van der Waals surface area contributed by atoms with E-state index in [4.69, 9.17) is 4.74 Å². The van der Waals surface area contributed by atoms with E-state index in [0.29, 0.717) is 18.7 Å². The van der Waals surface area contributed by atoms with Crippen molar-refractivity contribution >= 4 is 20.0 Å². The Hall–Kier alpha value is -2.86. The number of rotatable bonds is 8. The summed E-state index contributed by atoms with van der Waals surface area (Å²) in [6.45, 7) is 0.804. The van der Waals surface area contributed by atoms with Crippen molar-refractivity contribution < 1.29 is 26.0 Å². The third kappa shape index (κ3) is 5.38. The smallest absolute Gasteiger partial charge is 0.243 e. The number of aromatic nitrogens is 1. The first-order valence-corrected chi connectivity index (χ1v) is 13.2. The van der Waals surface area contributed by atoms with Gasteiger partial charge in [0.15, 0.2) is 0 Å². The Bertz CT molecular complexity index is 1340. The predicted molar refractivity (Wildman–Crippen MR) is 119 cm³/mol. The van der Waals surface area contributed by atoms with Gasteiger partial charge >= 0.3 is 0 Å². The zero-order chi connectivity index (χ0) is 23.5. The Balaban J connectivity index is 1.48. The Kier molecular flexibility index (Phi) is 6.75. The molecule has 0 spiro atoms. The van der Waals surface area contributed by atoms with Gasteiger partial charge in [-0.1, -0.05) is 12.1 Å². The van der Waals surface area contributed by atoms with E-state index in [1.165, 1.54) is 53.0 Å². The predicted octanol–water partition coefficient (Wildman–Crippen LogP) is 3.28. The number of nitrogens with one attached hydrogen (secondary N) is 1. The fraction of sp³-hybridized carbons (Fsp3) is 0.227. The molecule has 0 aliphatic carbocycles. The van der Waals surface area contributed by atoms with Gasteiger partial charge in [0.05, 0.1) is 9.79 Å². The van der Waals surface area contributed by atoms with Crippen LogP contribution in [-0.4, -0.2) is 39.2 Å². The van der Waals surface area contributed by atoms with Gasteiger partial charge in [0.1, 0.15) is 11.6 Å². The summed E-state index contributed by atoms with van der Waals surface area (Å²) in [6.07, 6.45) is 3.11. The van der Waals surface area contributed by atoms with E-state index in [-0.39, 0.29) is 28.0 Å². The van der Waals surface area contributed by atoms with Gasteiger partial charge in [-0.2, -0.15) is 4.31 Å². The highest BCUT2D eigenvalue weighted by atomic mass is 32.2. The standard InChI is InChI=1S/C22H22FN3O5S2/c23-18-6-3-7-19(15-18)31-22-17(5-4-12-24-22)16-25-32(27,28)20-8-10-21(11-9-20)33(29,30)26-13-1-2-14-26/h3-12,15,25H,1-2,13-14,16H2. The van der Waals surface area contributed by atoms with Crippen molar-refractivity contribution in [3.63, 3.8) is 0 Å². The number of pyridine rings is 1. The second-order valence-electron chi connectivity index (χ2n) is 7.43. The minimum atomic E-state index is -3.94. The number of nitrogens with zero attached hydrogens (tertiary/aromatic N) is 2. The fourth-order valence-corrected chi connectivity index (χ4v) is 5.94. The molecule has 1 aliphatic rings. The molecule has 1 fully saturated rings. The summed E-state index contributed by atoms with van der Waals surface area (Å²) in [5.74, 6) is -0.105. The van der Waals surface area contributed by atoms with Gasteiger partial charge in [0.25, 0.3) is 0 Å². The highest BCUT2D eigenvalue weighted by Gasteiger charge is 2.27. The van der Waals surface area contributed by atoms with Crippen LogP contribution in [0.25, 0.3) is 0 Å². The lowest BCUT2D eigenvalue weighted by molar-refractivity contribution is 0.451. The van der Waals surface area contributed by atoms with E-state index in [0.717, 1.165) is 12.8 Å². The summed E-state index contributed by atoms with van der Waals surface area (Å²) < 4.78 is 73.7. The molecule has 4 rings (SSSR count). The Morgan fingerprint density at radius 3 is 2.33 bits per heavy atom. The Morgan fingerprint density at radius 2 is 1.64 bits per heavy atom. The summed E-state index contributed by atoms with van der Waals surface area (Å²) in [4.78, 5) is 4.09. The molecule has 2 heterocycles. The van der Waals surface area contributed by atoms with Crippen molar-refractivity contribution in [3.8, 4) is 11.6 Å². The number of hydrogen-bond donors (Lipinski definition) is 1. The van der Waals surface area contributed by atoms with E-state index in [1.807, 2.05) is 0 Å². The molecule has 3 aromatic rings. The highest BCUT2D eigenvalue weighted by Crippen LogP contribution is 2.25. The maximum atomic E-state index is 13.4. The van der Waals surface area contributed by atoms with Crippen molar-refractivity contribution in [2.45, 2.75) is 29.2 Å². The molecule has 1 saturated heterocycles. The molecule has 0 bridgehead atoms. The number of hydrogen-bond acceptors (Lipinski definition) is 6. The average Bonchev–Trinajstić information content (AvgIpc) is 3.35. The number of ether oxygens (including phenoxy) is 1. The zero-order valence-electron chi connectivity index (χ0n) is 17.5. The maximum Gasteiger partial charge on any atom is 0.243 e. The van der Waals surface area contributed by atoms with Crippen LogP contribution in [0.15, 0.2) is 76.7 Å². The molecule has 0 saturated carbocycles. The molecule has 33 heavy (non-hydrogen) atoms. The van der Waals surface area contributed by atoms with Crippen LogP contribution in [0.5, 0.6) is 11.6 Å².